The molecule has 0 aromatic carbocycles. The van der Waals surface area contributed by atoms with E-state index in [2.05, 4.69) is 19.5 Å². The smallest absolute Gasteiger partial charge is 0.415 e. The van der Waals surface area contributed by atoms with E-state index in [0.29, 0.717) is 6.61 Å². The van der Waals surface area contributed by atoms with Crippen molar-refractivity contribution in [2.45, 2.75) is 6.92 Å². The summed E-state index contributed by atoms with van der Waals surface area (Å²) in [6.45, 7) is 1.87. The lowest BCUT2D eigenvalue weighted by Gasteiger charge is -2.04. The van der Waals surface area contributed by atoms with Crippen molar-refractivity contribution < 1.29 is 28.6 Å². The number of ether oxygens (including phenoxy) is 3. The van der Waals surface area contributed by atoms with Crippen LogP contribution in [-0.2, 0) is 23.8 Å². The highest BCUT2D eigenvalue weighted by molar-refractivity contribution is 5.99. The second-order valence-corrected chi connectivity index (χ2v) is 2.95. The predicted molar refractivity (Wildman–Crippen MR) is 57.1 cm³/mol. The first-order valence-corrected chi connectivity index (χ1v) is 4.76. The van der Waals surface area contributed by atoms with Crippen molar-refractivity contribution in [3.05, 3.63) is 11.6 Å². The van der Waals surface area contributed by atoms with Gasteiger partial charge in [0.1, 0.15) is 0 Å². The Labute approximate surface area is 98.7 Å². The fraction of sp³-hybridized carbons (Fsp3) is 0.500. The molecule has 7 nitrogen and oxygen atoms in total. The highest BCUT2D eigenvalue weighted by Crippen LogP contribution is 1.97. The molecule has 1 amide bonds. The zero-order chi connectivity index (χ0) is 13.3. The molecule has 0 saturated carbocycles. The van der Waals surface area contributed by atoms with Gasteiger partial charge in [0.2, 0.25) is 0 Å². The van der Waals surface area contributed by atoms with Crippen molar-refractivity contribution in [3.63, 3.8) is 0 Å². The normalized spacial score (nSPS) is 10.6. The van der Waals surface area contributed by atoms with Gasteiger partial charge in [-0.1, -0.05) is 0 Å². The number of esters is 2. The zero-order valence-corrected chi connectivity index (χ0v) is 9.94. The Morgan fingerprint density at radius 1 is 1.24 bits per heavy atom. The average Bonchev–Trinajstić information content (AvgIpc) is 2.28. The summed E-state index contributed by atoms with van der Waals surface area (Å²) >= 11 is 0. The number of hydrogen-bond acceptors (Lipinski definition) is 6. The monoisotopic (exact) mass is 245 g/mol. The molecule has 0 spiro atoms. The summed E-state index contributed by atoms with van der Waals surface area (Å²) in [6.07, 6.45) is 0.0368. The minimum absolute atomic E-state index is 0.0289. The molecule has 0 aliphatic carbocycles. The number of amides is 1. The molecule has 0 unspecified atom stereocenters. The van der Waals surface area contributed by atoms with Crippen LogP contribution in [-0.4, -0.2) is 45.4 Å². The lowest BCUT2D eigenvalue weighted by atomic mass is 10.3. The summed E-state index contributed by atoms with van der Waals surface area (Å²) in [7, 11) is 2.65. The highest BCUT2D eigenvalue weighted by Gasteiger charge is 2.13. The van der Waals surface area contributed by atoms with Gasteiger partial charge in [-0.3, -0.25) is 0 Å². The first-order chi connectivity index (χ1) is 8.01. The Hall–Kier alpha value is -1.89. The Kier molecular flexibility index (Phi) is 7.36. The molecule has 0 aliphatic rings. The van der Waals surface area contributed by atoms with Gasteiger partial charge in [0.25, 0.3) is 0 Å². The van der Waals surface area contributed by atoms with E-state index < -0.39 is 18.0 Å². The first kappa shape index (κ1) is 15.1. The molecular weight excluding hydrogens is 230 g/mol. The van der Waals surface area contributed by atoms with Gasteiger partial charge in [0.15, 0.2) is 0 Å². The van der Waals surface area contributed by atoms with E-state index in [-0.39, 0.29) is 12.1 Å². The molecule has 0 fully saturated rings. The molecule has 0 radical (unpaired) electrons. The van der Waals surface area contributed by atoms with Crippen LogP contribution in [0.4, 0.5) is 4.79 Å². The molecule has 0 heterocycles. The molecule has 0 atom stereocenters. The second-order valence-electron chi connectivity index (χ2n) is 2.95. The van der Waals surface area contributed by atoms with Crippen LogP contribution >= 0.6 is 0 Å². The molecule has 0 aromatic heterocycles. The van der Waals surface area contributed by atoms with Crippen LogP contribution in [0.15, 0.2) is 11.6 Å². The van der Waals surface area contributed by atoms with Crippen LogP contribution in [0.3, 0.4) is 0 Å². The topological polar surface area (TPSA) is 90.9 Å². The van der Waals surface area contributed by atoms with Crippen molar-refractivity contribution in [2.75, 3.05) is 27.4 Å². The van der Waals surface area contributed by atoms with E-state index in [9.17, 15) is 14.4 Å². The predicted octanol–water partition coefficient (Wildman–Crippen LogP) is 0.00490. The molecule has 0 aromatic rings. The number of alkyl carbamates (subject to hydrolysis) is 1. The Morgan fingerprint density at radius 3 is 2.41 bits per heavy atom. The summed E-state index contributed by atoms with van der Waals surface area (Å²) in [6, 6.07) is 0. The fourth-order valence-electron chi connectivity index (χ4n) is 0.751. The highest BCUT2D eigenvalue weighted by atomic mass is 16.6. The van der Waals surface area contributed by atoms with Gasteiger partial charge in [0.05, 0.1) is 13.7 Å². The van der Waals surface area contributed by atoms with Crippen molar-refractivity contribution in [3.8, 4) is 0 Å². The molecule has 96 valence electrons. The maximum Gasteiger partial charge on any atom is 0.415 e. The third-order valence-corrected chi connectivity index (χ3v) is 1.62. The summed E-state index contributed by atoms with van der Waals surface area (Å²) < 4.78 is 13.4. The molecule has 1 N–H and O–H groups in total. The van der Waals surface area contributed by atoms with E-state index in [1.807, 2.05) is 0 Å². The molecule has 0 bridgehead atoms. The van der Waals surface area contributed by atoms with Crippen LogP contribution in [0, 0.1) is 0 Å². The number of methoxy groups -OCH3 is 2. The summed E-state index contributed by atoms with van der Waals surface area (Å²) in [5.41, 5.74) is -0.0289. The van der Waals surface area contributed by atoms with Crippen LogP contribution in [0.25, 0.3) is 0 Å². The maximum absolute atomic E-state index is 11.2. The van der Waals surface area contributed by atoms with Crippen LogP contribution in [0.2, 0.25) is 0 Å². The quantitative estimate of drug-likeness (QED) is 0.317. The van der Waals surface area contributed by atoms with Gasteiger partial charge < -0.3 is 19.5 Å². The molecule has 0 aliphatic heterocycles. The SMILES string of the molecule is COCCNC(=O)OC(=O)/C(C)=C/C(=O)OC. The van der Waals surface area contributed by atoms with Crippen molar-refractivity contribution in [1.29, 1.82) is 0 Å². The number of nitrogens with one attached hydrogen (secondary N) is 1. The number of carbonyl (C=O) groups is 3. The van der Waals surface area contributed by atoms with Crippen LogP contribution < -0.4 is 5.32 Å². The fourth-order valence-corrected chi connectivity index (χ4v) is 0.751. The van der Waals surface area contributed by atoms with Crippen molar-refractivity contribution in [2.24, 2.45) is 0 Å². The van der Waals surface area contributed by atoms with Gasteiger partial charge in [-0.05, 0) is 6.92 Å². The molecule has 7 heteroatoms. The number of hydrogen-bond donors (Lipinski definition) is 1. The van der Waals surface area contributed by atoms with E-state index >= 15 is 0 Å². The standard InChI is InChI=1S/C10H15NO6/c1-7(6-8(12)16-3)9(13)17-10(14)11-4-5-15-2/h6H,4-5H2,1-3H3,(H,11,14)/b7-6+. The third-order valence-electron chi connectivity index (χ3n) is 1.62. The largest absolute Gasteiger partial charge is 0.466 e. The Bertz CT molecular complexity index is 323. The maximum atomic E-state index is 11.2. The van der Waals surface area contributed by atoms with Gasteiger partial charge >= 0.3 is 18.0 Å². The number of rotatable bonds is 5. The zero-order valence-electron chi connectivity index (χ0n) is 9.94. The average molecular weight is 245 g/mol. The van der Waals surface area contributed by atoms with E-state index in [1.165, 1.54) is 21.1 Å². The minimum Gasteiger partial charge on any atom is -0.466 e. The third kappa shape index (κ3) is 7.07. The van der Waals surface area contributed by atoms with Gasteiger partial charge in [0, 0.05) is 25.3 Å². The lowest BCUT2D eigenvalue weighted by molar-refractivity contribution is -0.137. The minimum atomic E-state index is -0.912. The van der Waals surface area contributed by atoms with Crippen LogP contribution in [0.5, 0.6) is 0 Å². The Morgan fingerprint density at radius 2 is 1.88 bits per heavy atom. The van der Waals surface area contributed by atoms with E-state index in [4.69, 9.17) is 0 Å². The number of carbonyl (C=O) groups excluding carboxylic acids is 3. The van der Waals surface area contributed by atoms with Crippen molar-refractivity contribution >= 4 is 18.0 Å². The summed E-state index contributed by atoms with van der Waals surface area (Å²) in [5, 5.41) is 2.29. The second kappa shape index (κ2) is 8.28. The molecule has 17 heavy (non-hydrogen) atoms. The van der Waals surface area contributed by atoms with Crippen molar-refractivity contribution in [1.82, 2.24) is 5.32 Å². The van der Waals surface area contributed by atoms with E-state index in [1.54, 1.807) is 0 Å². The van der Waals surface area contributed by atoms with E-state index in [0.717, 1.165) is 6.08 Å². The van der Waals surface area contributed by atoms with Gasteiger partial charge in [-0.15, -0.1) is 0 Å². The van der Waals surface area contributed by atoms with Crippen LogP contribution in [0.1, 0.15) is 6.92 Å². The molecule has 0 rings (SSSR count). The lowest BCUT2D eigenvalue weighted by Crippen LogP contribution is -2.30. The van der Waals surface area contributed by atoms with Gasteiger partial charge in [-0.2, -0.15) is 0 Å². The first-order valence-electron chi connectivity index (χ1n) is 4.76. The Balaban J connectivity index is 4.12. The summed E-state index contributed by atoms with van der Waals surface area (Å²) in [5.74, 6) is -1.61. The molecular formula is C10H15NO6. The van der Waals surface area contributed by atoms with Gasteiger partial charge in [-0.25, -0.2) is 14.4 Å². The summed E-state index contributed by atoms with van der Waals surface area (Å²) in [4.78, 5) is 33.1. The molecule has 0 saturated heterocycles.